The standard InChI is InChI=1S/C16H23N/c1-12-5-4-6-13(11-12)14-9-10-17-16-8-3-2-7-15(14)16/h2-3,7-8,12-14,17H,4-6,9-11H2,1H3. The van der Waals surface area contributed by atoms with E-state index in [0.717, 1.165) is 24.3 Å². The van der Waals surface area contributed by atoms with Crippen LogP contribution >= 0.6 is 0 Å². The Morgan fingerprint density at radius 3 is 2.88 bits per heavy atom. The summed E-state index contributed by atoms with van der Waals surface area (Å²) in [6.45, 7) is 3.59. The molecule has 0 radical (unpaired) electrons. The van der Waals surface area contributed by atoms with E-state index in [4.69, 9.17) is 0 Å². The Kier molecular flexibility index (Phi) is 3.09. The number of anilines is 1. The van der Waals surface area contributed by atoms with Gasteiger partial charge in [0.15, 0.2) is 0 Å². The van der Waals surface area contributed by atoms with E-state index >= 15 is 0 Å². The summed E-state index contributed by atoms with van der Waals surface area (Å²) >= 11 is 0. The molecular weight excluding hydrogens is 206 g/mol. The Bertz CT molecular complexity index is 385. The van der Waals surface area contributed by atoms with Crippen molar-refractivity contribution in [1.29, 1.82) is 0 Å². The minimum absolute atomic E-state index is 0.815. The lowest BCUT2D eigenvalue weighted by molar-refractivity contribution is 0.239. The Morgan fingerprint density at radius 1 is 1.12 bits per heavy atom. The van der Waals surface area contributed by atoms with E-state index in [-0.39, 0.29) is 0 Å². The third-order valence-electron chi connectivity index (χ3n) is 4.68. The van der Waals surface area contributed by atoms with Gasteiger partial charge in [0, 0.05) is 12.2 Å². The van der Waals surface area contributed by atoms with Gasteiger partial charge in [-0.05, 0) is 48.6 Å². The molecule has 1 aromatic carbocycles. The number of nitrogens with one attached hydrogen (secondary N) is 1. The second-order valence-electron chi connectivity index (χ2n) is 5.94. The molecule has 1 saturated carbocycles. The molecule has 92 valence electrons. The van der Waals surface area contributed by atoms with E-state index in [9.17, 15) is 0 Å². The molecule has 0 saturated heterocycles. The first-order valence-corrected chi connectivity index (χ1v) is 7.17. The van der Waals surface area contributed by atoms with Crippen LogP contribution < -0.4 is 5.32 Å². The molecule has 1 N–H and O–H groups in total. The third kappa shape index (κ3) is 2.20. The van der Waals surface area contributed by atoms with Gasteiger partial charge >= 0.3 is 0 Å². The van der Waals surface area contributed by atoms with E-state index < -0.39 is 0 Å². The molecule has 1 nitrogen and oxygen atoms in total. The topological polar surface area (TPSA) is 12.0 Å². The highest BCUT2D eigenvalue weighted by Gasteiger charge is 2.30. The quantitative estimate of drug-likeness (QED) is 0.752. The Hall–Kier alpha value is -0.980. The third-order valence-corrected chi connectivity index (χ3v) is 4.68. The molecule has 0 bridgehead atoms. The van der Waals surface area contributed by atoms with E-state index in [2.05, 4.69) is 36.5 Å². The first kappa shape index (κ1) is 11.1. The van der Waals surface area contributed by atoms with Gasteiger partial charge in [-0.15, -0.1) is 0 Å². The summed E-state index contributed by atoms with van der Waals surface area (Å²) < 4.78 is 0. The van der Waals surface area contributed by atoms with Crippen molar-refractivity contribution in [3.05, 3.63) is 29.8 Å². The van der Waals surface area contributed by atoms with Crippen LogP contribution in [0.5, 0.6) is 0 Å². The van der Waals surface area contributed by atoms with E-state index in [1.54, 1.807) is 5.56 Å². The molecule has 1 fully saturated rings. The Morgan fingerprint density at radius 2 is 2.00 bits per heavy atom. The van der Waals surface area contributed by atoms with Gasteiger partial charge in [-0.1, -0.05) is 38.0 Å². The minimum atomic E-state index is 0.815. The molecule has 1 aromatic rings. The van der Waals surface area contributed by atoms with Crippen molar-refractivity contribution >= 4 is 5.69 Å². The molecule has 0 spiro atoms. The molecule has 3 unspecified atom stereocenters. The van der Waals surface area contributed by atoms with E-state index in [1.807, 2.05) is 0 Å². The number of rotatable bonds is 1. The Balaban J connectivity index is 1.84. The van der Waals surface area contributed by atoms with Crippen molar-refractivity contribution in [2.75, 3.05) is 11.9 Å². The number of para-hydroxylation sites is 1. The van der Waals surface area contributed by atoms with Crippen LogP contribution in [-0.4, -0.2) is 6.54 Å². The van der Waals surface area contributed by atoms with Crippen LogP contribution in [0.3, 0.4) is 0 Å². The zero-order valence-electron chi connectivity index (χ0n) is 10.8. The second-order valence-corrected chi connectivity index (χ2v) is 5.94. The van der Waals surface area contributed by atoms with Gasteiger partial charge in [-0.25, -0.2) is 0 Å². The minimum Gasteiger partial charge on any atom is -0.385 e. The summed E-state index contributed by atoms with van der Waals surface area (Å²) in [6.07, 6.45) is 7.11. The smallest absolute Gasteiger partial charge is 0.0375 e. The molecule has 1 aliphatic carbocycles. The summed E-state index contributed by atoms with van der Waals surface area (Å²) in [6, 6.07) is 8.93. The zero-order chi connectivity index (χ0) is 11.7. The van der Waals surface area contributed by atoms with Crippen LogP contribution in [0.25, 0.3) is 0 Å². The van der Waals surface area contributed by atoms with Gasteiger partial charge in [-0.2, -0.15) is 0 Å². The number of fused-ring (bicyclic) bond motifs is 1. The summed E-state index contributed by atoms with van der Waals surface area (Å²) in [4.78, 5) is 0. The van der Waals surface area contributed by atoms with Crippen LogP contribution in [-0.2, 0) is 0 Å². The average molecular weight is 229 g/mol. The largest absolute Gasteiger partial charge is 0.385 e. The summed E-state index contributed by atoms with van der Waals surface area (Å²) in [5.74, 6) is 2.69. The van der Waals surface area contributed by atoms with Gasteiger partial charge in [0.2, 0.25) is 0 Å². The second kappa shape index (κ2) is 4.72. The number of benzene rings is 1. The Labute approximate surface area is 105 Å². The molecule has 1 heteroatoms. The monoisotopic (exact) mass is 229 g/mol. The highest BCUT2D eigenvalue weighted by molar-refractivity contribution is 5.54. The lowest BCUT2D eigenvalue weighted by Crippen LogP contribution is -2.26. The van der Waals surface area contributed by atoms with Gasteiger partial charge in [0.25, 0.3) is 0 Å². The predicted octanol–water partition coefficient (Wildman–Crippen LogP) is 4.41. The molecule has 3 atom stereocenters. The van der Waals surface area contributed by atoms with Crippen LogP contribution in [0, 0.1) is 11.8 Å². The average Bonchev–Trinajstić information content (AvgIpc) is 2.38. The fourth-order valence-corrected chi connectivity index (χ4v) is 3.84. The van der Waals surface area contributed by atoms with Crippen molar-refractivity contribution in [3.8, 4) is 0 Å². The normalized spacial score (nSPS) is 32.6. The predicted molar refractivity (Wildman–Crippen MR) is 73.4 cm³/mol. The maximum atomic E-state index is 3.54. The first-order valence-electron chi connectivity index (χ1n) is 7.17. The molecule has 1 aliphatic heterocycles. The van der Waals surface area contributed by atoms with Crippen molar-refractivity contribution < 1.29 is 0 Å². The molecule has 17 heavy (non-hydrogen) atoms. The van der Waals surface area contributed by atoms with Crippen molar-refractivity contribution in [3.63, 3.8) is 0 Å². The van der Waals surface area contributed by atoms with Gasteiger partial charge in [0.1, 0.15) is 0 Å². The zero-order valence-corrected chi connectivity index (χ0v) is 10.8. The highest BCUT2D eigenvalue weighted by atomic mass is 14.9. The van der Waals surface area contributed by atoms with Crippen LogP contribution in [0.1, 0.15) is 50.5 Å². The van der Waals surface area contributed by atoms with Crippen molar-refractivity contribution in [2.45, 2.75) is 44.9 Å². The lowest BCUT2D eigenvalue weighted by Gasteiger charge is -2.37. The number of hydrogen-bond acceptors (Lipinski definition) is 1. The maximum absolute atomic E-state index is 3.54. The SMILES string of the molecule is CC1CCCC(C2CCNc3ccccc32)C1. The lowest BCUT2D eigenvalue weighted by atomic mass is 9.71. The van der Waals surface area contributed by atoms with Crippen LogP contribution in [0.15, 0.2) is 24.3 Å². The van der Waals surface area contributed by atoms with E-state index in [1.165, 1.54) is 37.8 Å². The fourth-order valence-electron chi connectivity index (χ4n) is 3.84. The first-order chi connectivity index (χ1) is 8.34. The molecule has 0 amide bonds. The van der Waals surface area contributed by atoms with Gasteiger partial charge < -0.3 is 5.32 Å². The molecule has 3 rings (SSSR count). The molecule has 0 aromatic heterocycles. The fraction of sp³-hybridized carbons (Fsp3) is 0.625. The summed E-state index contributed by atoms with van der Waals surface area (Å²) in [7, 11) is 0. The molecular formula is C16H23N. The molecule has 2 aliphatic rings. The van der Waals surface area contributed by atoms with Crippen LogP contribution in [0.2, 0.25) is 0 Å². The van der Waals surface area contributed by atoms with Crippen molar-refractivity contribution in [2.24, 2.45) is 11.8 Å². The van der Waals surface area contributed by atoms with Crippen LogP contribution in [0.4, 0.5) is 5.69 Å². The van der Waals surface area contributed by atoms with Gasteiger partial charge in [0.05, 0.1) is 0 Å². The number of hydrogen-bond donors (Lipinski definition) is 1. The van der Waals surface area contributed by atoms with Gasteiger partial charge in [-0.3, -0.25) is 0 Å². The van der Waals surface area contributed by atoms with Crippen molar-refractivity contribution in [1.82, 2.24) is 0 Å². The summed E-state index contributed by atoms with van der Waals surface area (Å²) in [5, 5.41) is 3.54. The molecule has 1 heterocycles. The maximum Gasteiger partial charge on any atom is 0.0375 e. The summed E-state index contributed by atoms with van der Waals surface area (Å²) in [5.41, 5.74) is 2.97. The highest BCUT2D eigenvalue weighted by Crippen LogP contribution is 2.43. The van der Waals surface area contributed by atoms with E-state index in [0.29, 0.717) is 0 Å².